The van der Waals surface area contributed by atoms with E-state index in [4.69, 9.17) is 4.74 Å². The second-order valence-electron chi connectivity index (χ2n) is 6.29. The zero-order valence-corrected chi connectivity index (χ0v) is 16.2. The van der Waals surface area contributed by atoms with Crippen LogP contribution < -0.4 is 15.4 Å². The zero-order chi connectivity index (χ0) is 21.2. The summed E-state index contributed by atoms with van der Waals surface area (Å²) in [7, 11) is 3.14. The van der Waals surface area contributed by atoms with Gasteiger partial charge in [-0.2, -0.15) is 13.9 Å². The molecule has 0 atom stereocenters. The van der Waals surface area contributed by atoms with Crippen LogP contribution in [-0.4, -0.2) is 37.7 Å². The highest BCUT2D eigenvalue weighted by molar-refractivity contribution is 5.90. The van der Waals surface area contributed by atoms with Crippen molar-refractivity contribution in [3.63, 3.8) is 0 Å². The molecule has 9 nitrogen and oxygen atoms in total. The van der Waals surface area contributed by atoms with Crippen LogP contribution in [0.2, 0.25) is 0 Å². The number of amides is 1. The molecule has 0 saturated heterocycles. The molecule has 11 heteroatoms. The van der Waals surface area contributed by atoms with Gasteiger partial charge >= 0.3 is 5.92 Å². The number of nitrogens with zero attached hydrogens (tertiary/aromatic N) is 5. The Kier molecular flexibility index (Phi) is 5.39. The molecule has 0 aliphatic rings. The second-order valence-corrected chi connectivity index (χ2v) is 6.29. The highest BCUT2D eigenvalue weighted by Gasteiger charge is 2.29. The van der Waals surface area contributed by atoms with Crippen molar-refractivity contribution in [1.82, 2.24) is 24.7 Å². The van der Waals surface area contributed by atoms with Crippen LogP contribution in [0.25, 0.3) is 11.3 Å². The van der Waals surface area contributed by atoms with Gasteiger partial charge in [0, 0.05) is 44.9 Å². The van der Waals surface area contributed by atoms with Crippen molar-refractivity contribution in [2.45, 2.75) is 19.8 Å². The third-order valence-electron chi connectivity index (χ3n) is 3.82. The largest absolute Gasteiger partial charge is 0.491 e. The molecule has 0 aliphatic heterocycles. The van der Waals surface area contributed by atoms with Crippen molar-refractivity contribution < 1.29 is 18.3 Å². The van der Waals surface area contributed by atoms with E-state index >= 15 is 0 Å². The SMILES string of the molecule is COc1cnc(C(C)(F)F)nc1Nc1cc(NC(C)=O)ncc1-c1ccn(C)n1. The molecule has 3 rings (SSSR count). The first-order valence-corrected chi connectivity index (χ1v) is 8.51. The van der Waals surface area contributed by atoms with E-state index in [1.54, 1.807) is 30.1 Å². The molecule has 0 aromatic carbocycles. The third-order valence-corrected chi connectivity index (χ3v) is 3.82. The maximum Gasteiger partial charge on any atom is 0.303 e. The van der Waals surface area contributed by atoms with E-state index in [0.717, 1.165) is 0 Å². The number of aromatic nitrogens is 5. The summed E-state index contributed by atoms with van der Waals surface area (Å²) in [5.41, 5.74) is 1.60. The number of hydrogen-bond acceptors (Lipinski definition) is 7. The van der Waals surface area contributed by atoms with Gasteiger partial charge in [0.25, 0.3) is 0 Å². The molecule has 1 amide bonds. The number of methoxy groups -OCH3 is 1. The van der Waals surface area contributed by atoms with Crippen molar-refractivity contribution in [3.8, 4) is 17.0 Å². The Hall–Kier alpha value is -3.63. The van der Waals surface area contributed by atoms with Crippen LogP contribution in [0.5, 0.6) is 5.75 Å². The van der Waals surface area contributed by atoms with Gasteiger partial charge in [-0.3, -0.25) is 9.48 Å². The summed E-state index contributed by atoms with van der Waals surface area (Å²) in [5.74, 6) is -3.71. The fourth-order valence-electron chi connectivity index (χ4n) is 2.52. The molecule has 2 N–H and O–H groups in total. The summed E-state index contributed by atoms with van der Waals surface area (Å²) in [6.45, 7) is 2.06. The molecule has 0 unspecified atom stereocenters. The zero-order valence-electron chi connectivity index (χ0n) is 16.2. The lowest BCUT2D eigenvalue weighted by Crippen LogP contribution is -2.14. The number of carbonyl (C=O) groups is 1. The minimum Gasteiger partial charge on any atom is -0.491 e. The van der Waals surface area contributed by atoms with Gasteiger partial charge in [0.15, 0.2) is 11.6 Å². The molecule has 29 heavy (non-hydrogen) atoms. The van der Waals surface area contributed by atoms with Gasteiger partial charge in [0.2, 0.25) is 11.7 Å². The lowest BCUT2D eigenvalue weighted by Gasteiger charge is -2.16. The molecule has 0 radical (unpaired) electrons. The van der Waals surface area contributed by atoms with Crippen molar-refractivity contribution in [3.05, 3.63) is 36.5 Å². The summed E-state index contributed by atoms with van der Waals surface area (Å²) in [6.07, 6.45) is 4.43. The summed E-state index contributed by atoms with van der Waals surface area (Å²) in [5, 5.41) is 9.89. The summed E-state index contributed by atoms with van der Waals surface area (Å²) in [4.78, 5) is 23.1. The van der Waals surface area contributed by atoms with Crippen molar-refractivity contribution in [2.75, 3.05) is 17.7 Å². The van der Waals surface area contributed by atoms with Crippen LogP contribution in [0.15, 0.2) is 30.7 Å². The van der Waals surface area contributed by atoms with Gasteiger partial charge in [-0.05, 0) is 6.07 Å². The van der Waals surface area contributed by atoms with Crippen LogP contribution in [-0.2, 0) is 17.8 Å². The van der Waals surface area contributed by atoms with E-state index in [0.29, 0.717) is 23.9 Å². The number of halogens is 2. The van der Waals surface area contributed by atoms with Crippen molar-refractivity contribution in [1.29, 1.82) is 0 Å². The number of ether oxygens (including phenoxy) is 1. The van der Waals surface area contributed by atoms with E-state index in [1.165, 1.54) is 26.4 Å². The Morgan fingerprint density at radius 2 is 2.03 bits per heavy atom. The first-order valence-electron chi connectivity index (χ1n) is 8.51. The van der Waals surface area contributed by atoms with Gasteiger partial charge in [0.05, 0.1) is 24.7 Å². The predicted molar refractivity (Wildman–Crippen MR) is 102 cm³/mol. The molecule has 152 valence electrons. The lowest BCUT2D eigenvalue weighted by atomic mass is 10.1. The molecule has 0 fully saturated rings. The van der Waals surface area contributed by atoms with Gasteiger partial charge in [0.1, 0.15) is 5.82 Å². The molecule has 0 aliphatic carbocycles. The average molecular weight is 403 g/mol. The average Bonchev–Trinajstić information content (AvgIpc) is 3.07. The standard InChI is InChI=1S/C18H19F2N7O2/c1-10(28)23-15-7-13(11(8-21-15)12-5-6-27(3)26-12)24-16-14(29-4)9-22-17(25-16)18(2,19)20/h5-9H,1-4H3,(H2,21,22,23,24,25,28). The van der Waals surface area contributed by atoms with Crippen LogP contribution in [0.3, 0.4) is 0 Å². The highest BCUT2D eigenvalue weighted by Crippen LogP contribution is 2.34. The quantitative estimate of drug-likeness (QED) is 0.651. The Labute approximate surface area is 165 Å². The maximum atomic E-state index is 13.7. The fraction of sp³-hybridized carbons (Fsp3) is 0.278. The highest BCUT2D eigenvalue weighted by atomic mass is 19.3. The van der Waals surface area contributed by atoms with Crippen LogP contribution in [0, 0.1) is 0 Å². The molecule has 3 aromatic heterocycles. The second kappa shape index (κ2) is 7.78. The van der Waals surface area contributed by atoms with Gasteiger partial charge in [-0.15, -0.1) is 0 Å². The Bertz CT molecular complexity index is 1050. The molecule has 3 aromatic rings. The van der Waals surface area contributed by atoms with Gasteiger partial charge in [-0.1, -0.05) is 0 Å². The number of hydrogen-bond donors (Lipinski definition) is 2. The number of nitrogens with one attached hydrogen (secondary N) is 2. The molecule has 3 heterocycles. The Balaban J connectivity index is 2.10. The molecule has 0 spiro atoms. The lowest BCUT2D eigenvalue weighted by molar-refractivity contribution is -0.114. The maximum absolute atomic E-state index is 13.7. The molecular weight excluding hydrogens is 384 g/mol. The number of aryl methyl sites for hydroxylation is 1. The minimum atomic E-state index is -3.23. The van der Waals surface area contributed by atoms with E-state index in [-0.39, 0.29) is 23.3 Å². The number of carbonyl (C=O) groups excluding carboxylic acids is 1. The summed E-state index contributed by atoms with van der Waals surface area (Å²) < 4.78 is 34.2. The van der Waals surface area contributed by atoms with Gasteiger partial charge < -0.3 is 15.4 Å². The van der Waals surface area contributed by atoms with Crippen molar-refractivity contribution in [2.24, 2.45) is 7.05 Å². The smallest absolute Gasteiger partial charge is 0.303 e. The van der Waals surface area contributed by atoms with E-state index in [2.05, 4.69) is 30.7 Å². The van der Waals surface area contributed by atoms with Crippen molar-refractivity contribution >= 4 is 23.2 Å². The summed E-state index contributed by atoms with van der Waals surface area (Å²) >= 11 is 0. The predicted octanol–water partition coefficient (Wildman–Crippen LogP) is 3.09. The van der Waals surface area contributed by atoms with E-state index in [9.17, 15) is 13.6 Å². The Morgan fingerprint density at radius 1 is 1.28 bits per heavy atom. The number of pyridine rings is 1. The van der Waals surface area contributed by atoms with E-state index < -0.39 is 11.7 Å². The van der Waals surface area contributed by atoms with Gasteiger partial charge in [-0.25, -0.2) is 15.0 Å². The number of rotatable bonds is 6. The summed E-state index contributed by atoms with van der Waals surface area (Å²) in [6, 6.07) is 3.32. The minimum absolute atomic E-state index is 0.0381. The van der Waals surface area contributed by atoms with Crippen LogP contribution >= 0.6 is 0 Å². The monoisotopic (exact) mass is 403 g/mol. The molecular formula is C18H19F2N7O2. The molecule has 0 saturated carbocycles. The number of alkyl halides is 2. The first-order chi connectivity index (χ1) is 13.7. The normalized spacial score (nSPS) is 11.2. The van der Waals surface area contributed by atoms with Crippen LogP contribution in [0.4, 0.5) is 26.1 Å². The Morgan fingerprint density at radius 3 is 2.62 bits per heavy atom. The first kappa shape index (κ1) is 20.1. The third kappa shape index (κ3) is 4.62. The molecule has 0 bridgehead atoms. The van der Waals surface area contributed by atoms with E-state index in [1.807, 2.05) is 0 Å². The fourth-order valence-corrected chi connectivity index (χ4v) is 2.52. The number of anilines is 3. The topological polar surface area (TPSA) is 107 Å². The van der Waals surface area contributed by atoms with Crippen LogP contribution in [0.1, 0.15) is 19.7 Å².